The molecule has 7 nitrogen and oxygen atoms in total. The van der Waals surface area contributed by atoms with E-state index in [1.165, 1.54) is 0 Å². The van der Waals surface area contributed by atoms with E-state index in [0.717, 1.165) is 0 Å². The van der Waals surface area contributed by atoms with Gasteiger partial charge in [0.1, 0.15) is 24.4 Å². The van der Waals surface area contributed by atoms with Crippen molar-refractivity contribution in [2.24, 2.45) is 0 Å². The Morgan fingerprint density at radius 1 is 0.714 bits per heavy atom. The van der Waals surface area contributed by atoms with E-state index in [9.17, 15) is 0 Å². The zero-order valence-corrected chi connectivity index (χ0v) is 6.91. The van der Waals surface area contributed by atoms with Crippen LogP contribution in [0, 0.1) is 0 Å². The van der Waals surface area contributed by atoms with Crippen molar-refractivity contribution in [2.75, 3.05) is 13.2 Å². The van der Waals surface area contributed by atoms with Crippen LogP contribution in [0.1, 0.15) is 0 Å². The maximum Gasteiger partial charge on any atom is 0.187 e. The molecule has 0 rings (SSSR count). The first kappa shape index (κ1) is 19.8. The Morgan fingerprint density at radius 2 is 0.929 bits per heavy atom. The lowest BCUT2D eigenvalue weighted by molar-refractivity contribution is -0.123. The van der Waals surface area contributed by atoms with Crippen LogP contribution in [-0.2, 0) is 0 Å². The molecule has 0 saturated heterocycles. The summed E-state index contributed by atoms with van der Waals surface area (Å²) in [4.78, 5) is 0. The third-order valence-corrected chi connectivity index (χ3v) is 1.51. The zero-order valence-electron chi connectivity index (χ0n) is 6.91. The van der Waals surface area contributed by atoms with Gasteiger partial charge in [-0.25, -0.2) is 0 Å². The van der Waals surface area contributed by atoms with Gasteiger partial charge < -0.3 is 36.1 Å². The molecule has 0 aliphatic carbocycles. The third kappa shape index (κ3) is 5.87. The Kier molecular flexibility index (Phi) is 13.8. The maximum absolute atomic E-state index is 8.96. The van der Waals surface area contributed by atoms with Gasteiger partial charge >= 0.3 is 0 Å². The molecule has 0 radical (unpaired) electrons. The summed E-state index contributed by atoms with van der Waals surface area (Å²) in [5.74, 6) is 0. The highest BCUT2D eigenvalue weighted by molar-refractivity contribution is 5.75. The second kappa shape index (κ2) is 9.79. The molecule has 88 valence electrons. The third-order valence-electron chi connectivity index (χ3n) is 1.51. The van der Waals surface area contributed by atoms with E-state index in [4.69, 9.17) is 30.6 Å². The fourth-order valence-corrected chi connectivity index (χ4v) is 0.671. The maximum atomic E-state index is 8.96. The van der Waals surface area contributed by atoms with Gasteiger partial charge in [0.2, 0.25) is 0 Å². The van der Waals surface area contributed by atoms with Gasteiger partial charge in [-0.2, -0.15) is 0 Å². The van der Waals surface area contributed by atoms with Gasteiger partial charge in [-0.15, -0.1) is 0 Å². The molecule has 0 heterocycles. The first-order valence-corrected chi connectivity index (χ1v) is 3.48. The summed E-state index contributed by atoms with van der Waals surface area (Å²) in [6.07, 6.45) is -6.39. The van der Waals surface area contributed by atoms with Crippen LogP contribution in [0.25, 0.3) is 0 Å². The molecular formula is C6H19AlO7. The summed E-state index contributed by atoms with van der Waals surface area (Å²) < 4.78 is 0. The summed E-state index contributed by atoms with van der Waals surface area (Å²) in [5.41, 5.74) is 0. The summed E-state index contributed by atoms with van der Waals surface area (Å²) in [6.45, 7) is -1.45. The first-order chi connectivity index (χ1) is 5.54. The standard InChI is InChI=1S/C6H14O6.Al.H2O.3H/c7-1-3(9)5(11)6(12)4(10)2-8;;;;;/h3-12H,1-2H2;;1H2;;;/t3-,4-,5-,6-;;;;;/m0...../s1. The topological polar surface area (TPSA) is 153 Å². The molecule has 0 aliphatic heterocycles. The Bertz CT molecular complexity index is 111. The molecule has 0 fully saturated rings. The molecule has 8 N–H and O–H groups in total. The van der Waals surface area contributed by atoms with Crippen molar-refractivity contribution in [3.63, 3.8) is 0 Å². The van der Waals surface area contributed by atoms with Crippen LogP contribution in [0.5, 0.6) is 0 Å². The van der Waals surface area contributed by atoms with E-state index in [1.54, 1.807) is 0 Å². The summed E-state index contributed by atoms with van der Waals surface area (Å²) in [6, 6.07) is 0. The monoisotopic (exact) mass is 230 g/mol. The first-order valence-electron chi connectivity index (χ1n) is 3.48. The van der Waals surface area contributed by atoms with E-state index >= 15 is 0 Å². The lowest BCUT2D eigenvalue weighted by Gasteiger charge is -2.24. The minimum absolute atomic E-state index is 0. The van der Waals surface area contributed by atoms with Crippen molar-refractivity contribution in [1.82, 2.24) is 0 Å². The normalized spacial score (nSPS) is 18.4. The molecule has 14 heavy (non-hydrogen) atoms. The Morgan fingerprint density at radius 3 is 1.07 bits per heavy atom. The van der Waals surface area contributed by atoms with Crippen LogP contribution in [0.4, 0.5) is 0 Å². The van der Waals surface area contributed by atoms with Crippen molar-refractivity contribution < 1.29 is 36.1 Å². The van der Waals surface area contributed by atoms with Crippen LogP contribution < -0.4 is 0 Å². The summed E-state index contributed by atoms with van der Waals surface area (Å²) in [5, 5.41) is 52.2. The molecule has 0 aromatic carbocycles. The lowest BCUT2D eigenvalue weighted by Crippen LogP contribution is -2.46. The summed E-state index contributed by atoms with van der Waals surface area (Å²) in [7, 11) is 0. The van der Waals surface area contributed by atoms with Gasteiger partial charge in [-0.05, 0) is 0 Å². The fraction of sp³-hybridized carbons (Fsp3) is 1.00. The Labute approximate surface area is 91.7 Å². The fourth-order valence-electron chi connectivity index (χ4n) is 0.671. The van der Waals surface area contributed by atoms with Crippen LogP contribution in [0.3, 0.4) is 0 Å². The largest absolute Gasteiger partial charge is 0.412 e. The Balaban J connectivity index is -0.000000605. The highest BCUT2D eigenvalue weighted by Crippen LogP contribution is 2.03. The van der Waals surface area contributed by atoms with Gasteiger partial charge in [-0.3, -0.25) is 0 Å². The Hall–Kier alpha value is 0.252. The molecule has 8 heteroatoms. The molecule has 0 spiro atoms. The van der Waals surface area contributed by atoms with E-state index in [0.29, 0.717) is 0 Å². The van der Waals surface area contributed by atoms with E-state index in [2.05, 4.69) is 0 Å². The van der Waals surface area contributed by atoms with Gasteiger partial charge in [-0.1, -0.05) is 0 Å². The predicted molar refractivity (Wildman–Crippen MR) is 51.8 cm³/mol. The average molecular weight is 230 g/mol. The highest BCUT2D eigenvalue weighted by atomic mass is 27.0. The second-order valence-electron chi connectivity index (χ2n) is 2.48. The quantitative estimate of drug-likeness (QED) is 0.259. The van der Waals surface area contributed by atoms with E-state index < -0.39 is 37.6 Å². The van der Waals surface area contributed by atoms with E-state index in [1.807, 2.05) is 0 Å². The molecule has 0 aliphatic rings. The molecular weight excluding hydrogens is 211 g/mol. The minimum Gasteiger partial charge on any atom is -0.412 e. The van der Waals surface area contributed by atoms with Crippen LogP contribution >= 0.6 is 0 Å². The molecule has 0 amide bonds. The molecule has 4 atom stereocenters. The van der Waals surface area contributed by atoms with E-state index in [-0.39, 0.29) is 22.8 Å². The number of hydrogen-bond donors (Lipinski definition) is 6. The van der Waals surface area contributed by atoms with Crippen molar-refractivity contribution in [3.8, 4) is 0 Å². The molecule has 0 saturated carbocycles. The zero-order chi connectivity index (χ0) is 9.72. The highest BCUT2D eigenvalue weighted by Gasteiger charge is 2.29. The molecule has 0 unspecified atom stereocenters. The average Bonchev–Trinajstić information content (AvgIpc) is 2.12. The SMILES string of the molecule is O.OC[C@H](O)[C@H](O)[C@@H](O)[C@@H](O)CO.[AlH3]. The van der Waals surface area contributed by atoms with Crippen molar-refractivity contribution >= 4 is 17.4 Å². The molecule has 0 aromatic rings. The number of aliphatic hydroxyl groups is 6. The summed E-state index contributed by atoms with van der Waals surface area (Å²) >= 11 is 0. The minimum atomic E-state index is -1.67. The number of hydrogen-bond acceptors (Lipinski definition) is 6. The smallest absolute Gasteiger partial charge is 0.187 e. The molecule has 0 aromatic heterocycles. The molecule has 0 bridgehead atoms. The number of rotatable bonds is 5. The van der Waals surface area contributed by atoms with Gasteiger partial charge in [0.25, 0.3) is 0 Å². The van der Waals surface area contributed by atoms with Gasteiger partial charge in [0.05, 0.1) is 13.2 Å². The number of aliphatic hydroxyl groups excluding tert-OH is 6. The second-order valence-corrected chi connectivity index (χ2v) is 2.48. The van der Waals surface area contributed by atoms with Gasteiger partial charge in [0.15, 0.2) is 17.4 Å². The lowest BCUT2D eigenvalue weighted by atomic mass is 10.0. The van der Waals surface area contributed by atoms with Crippen LogP contribution in [0.2, 0.25) is 0 Å². The van der Waals surface area contributed by atoms with Crippen molar-refractivity contribution in [2.45, 2.75) is 24.4 Å². The van der Waals surface area contributed by atoms with Crippen molar-refractivity contribution in [3.05, 3.63) is 0 Å². The predicted octanol–water partition coefficient (Wildman–Crippen LogP) is -5.59. The van der Waals surface area contributed by atoms with Crippen molar-refractivity contribution in [1.29, 1.82) is 0 Å². The van der Waals surface area contributed by atoms with Crippen LogP contribution in [-0.4, -0.2) is 91.1 Å². The van der Waals surface area contributed by atoms with Gasteiger partial charge in [0, 0.05) is 0 Å². The van der Waals surface area contributed by atoms with Crippen LogP contribution in [0.15, 0.2) is 0 Å².